The molecule has 0 aliphatic rings. The maximum absolute atomic E-state index is 11.3. The van der Waals surface area contributed by atoms with Gasteiger partial charge in [0.25, 0.3) is 0 Å². The summed E-state index contributed by atoms with van der Waals surface area (Å²) < 4.78 is 0. The van der Waals surface area contributed by atoms with Crippen LogP contribution < -0.4 is 10.2 Å². The van der Waals surface area contributed by atoms with Gasteiger partial charge in [-0.15, -0.1) is 0 Å². The van der Waals surface area contributed by atoms with Gasteiger partial charge in [0.2, 0.25) is 6.41 Å². The third-order valence-electron chi connectivity index (χ3n) is 3.22. The fourth-order valence-corrected chi connectivity index (χ4v) is 2.14. The summed E-state index contributed by atoms with van der Waals surface area (Å²) in [4.78, 5) is 19.6. The molecule has 1 N–H and O–H groups in total. The molecule has 22 heavy (non-hydrogen) atoms. The first kappa shape index (κ1) is 18.2. The van der Waals surface area contributed by atoms with Gasteiger partial charge in [0.15, 0.2) is 0 Å². The zero-order chi connectivity index (χ0) is 16.5. The van der Waals surface area contributed by atoms with E-state index in [4.69, 9.17) is 0 Å². The van der Waals surface area contributed by atoms with Crippen molar-refractivity contribution in [1.29, 1.82) is 0 Å². The lowest BCUT2D eigenvalue weighted by Gasteiger charge is -2.19. The van der Waals surface area contributed by atoms with Crippen molar-refractivity contribution in [2.45, 2.75) is 27.2 Å². The van der Waals surface area contributed by atoms with E-state index in [9.17, 15) is 4.79 Å². The molecule has 0 bridgehead atoms. The Morgan fingerprint density at radius 3 is 2.64 bits per heavy atom. The molecular weight excluding hydrogens is 276 g/mol. The predicted molar refractivity (Wildman–Crippen MR) is 94.3 cm³/mol. The Balaban J connectivity index is 2.91. The largest absolute Gasteiger partial charge is 0.370 e. The van der Waals surface area contributed by atoms with Crippen LogP contribution in [0.1, 0.15) is 32.8 Å². The van der Waals surface area contributed by atoms with Crippen molar-refractivity contribution in [2.24, 2.45) is 0 Å². The van der Waals surface area contributed by atoms with Crippen LogP contribution in [0.3, 0.4) is 0 Å². The molecule has 1 rings (SSSR count). The van der Waals surface area contributed by atoms with Crippen molar-refractivity contribution < 1.29 is 4.79 Å². The average molecular weight is 304 g/mol. The van der Waals surface area contributed by atoms with E-state index in [2.05, 4.69) is 29.3 Å². The van der Waals surface area contributed by atoms with E-state index >= 15 is 0 Å². The number of anilines is 2. The smallest absolute Gasteiger partial charge is 0.214 e. The summed E-state index contributed by atoms with van der Waals surface area (Å²) in [5, 5.41) is 3.32. The van der Waals surface area contributed by atoms with Crippen molar-refractivity contribution in [3.8, 4) is 0 Å². The molecule has 1 aromatic rings. The molecule has 1 amide bonds. The summed E-state index contributed by atoms with van der Waals surface area (Å²) in [6.07, 6.45) is 5.78. The molecule has 0 aliphatic carbocycles. The number of pyridine rings is 1. The number of carbonyl (C=O) groups is 1. The van der Waals surface area contributed by atoms with E-state index in [1.807, 2.05) is 39.1 Å². The summed E-state index contributed by atoms with van der Waals surface area (Å²) in [5.74, 6) is 0.806. The van der Waals surface area contributed by atoms with Crippen LogP contribution in [0.2, 0.25) is 0 Å². The predicted octanol–water partition coefficient (Wildman–Crippen LogP) is 2.85. The second-order valence-corrected chi connectivity index (χ2v) is 5.83. The lowest BCUT2D eigenvalue weighted by atomic mass is 10.1. The first-order valence-electron chi connectivity index (χ1n) is 7.73. The molecule has 0 radical (unpaired) electrons. The van der Waals surface area contributed by atoms with E-state index in [0.717, 1.165) is 43.0 Å². The molecule has 0 atom stereocenters. The molecule has 5 heteroatoms. The van der Waals surface area contributed by atoms with Crippen molar-refractivity contribution in [1.82, 2.24) is 9.88 Å². The Labute approximate surface area is 134 Å². The van der Waals surface area contributed by atoms with Crippen molar-refractivity contribution >= 4 is 24.0 Å². The Morgan fingerprint density at radius 2 is 2.09 bits per heavy atom. The van der Waals surface area contributed by atoms with Gasteiger partial charge in [0.05, 0.1) is 5.69 Å². The highest BCUT2D eigenvalue weighted by Gasteiger charge is 2.10. The van der Waals surface area contributed by atoms with E-state index in [1.165, 1.54) is 5.57 Å². The number of hydrogen-bond acceptors (Lipinski definition) is 4. The molecule has 0 aliphatic heterocycles. The Kier molecular flexibility index (Phi) is 7.60. The molecule has 0 aromatic carbocycles. The monoisotopic (exact) mass is 304 g/mol. The van der Waals surface area contributed by atoms with Crippen LogP contribution in [0, 0.1) is 0 Å². The van der Waals surface area contributed by atoms with E-state index in [-0.39, 0.29) is 0 Å². The highest BCUT2D eigenvalue weighted by atomic mass is 16.1. The van der Waals surface area contributed by atoms with E-state index in [1.54, 1.807) is 4.90 Å². The lowest BCUT2D eigenvalue weighted by Crippen LogP contribution is -2.21. The second-order valence-electron chi connectivity index (χ2n) is 5.83. The molecule has 0 saturated carbocycles. The summed E-state index contributed by atoms with van der Waals surface area (Å²) in [5.41, 5.74) is 3.04. The van der Waals surface area contributed by atoms with Gasteiger partial charge < -0.3 is 15.1 Å². The van der Waals surface area contributed by atoms with Gasteiger partial charge in [-0.05, 0) is 47.8 Å². The Hall–Kier alpha value is -1.88. The van der Waals surface area contributed by atoms with Crippen LogP contribution in [0.25, 0.3) is 6.08 Å². The van der Waals surface area contributed by atoms with Crippen molar-refractivity contribution in [3.05, 3.63) is 23.4 Å². The van der Waals surface area contributed by atoms with Gasteiger partial charge in [0, 0.05) is 30.9 Å². The molecule has 1 aromatic heterocycles. The maximum atomic E-state index is 11.3. The van der Waals surface area contributed by atoms with Gasteiger partial charge in [-0.2, -0.15) is 0 Å². The van der Waals surface area contributed by atoms with Crippen LogP contribution in [0.5, 0.6) is 0 Å². The van der Waals surface area contributed by atoms with Crippen molar-refractivity contribution in [2.75, 3.05) is 43.9 Å². The first-order chi connectivity index (χ1) is 10.5. The molecule has 0 spiro atoms. The van der Waals surface area contributed by atoms with Gasteiger partial charge >= 0.3 is 0 Å². The van der Waals surface area contributed by atoms with Gasteiger partial charge in [-0.3, -0.25) is 4.79 Å². The lowest BCUT2D eigenvalue weighted by molar-refractivity contribution is -0.107. The fourth-order valence-electron chi connectivity index (χ4n) is 2.14. The fraction of sp³-hybridized carbons (Fsp3) is 0.529. The van der Waals surface area contributed by atoms with Gasteiger partial charge in [-0.1, -0.05) is 11.6 Å². The van der Waals surface area contributed by atoms with Crippen LogP contribution in [-0.4, -0.2) is 50.0 Å². The summed E-state index contributed by atoms with van der Waals surface area (Å²) >= 11 is 0. The third kappa shape index (κ3) is 5.85. The second kappa shape index (κ2) is 9.20. The molecule has 1 heterocycles. The number of allylic oxidation sites excluding steroid dienone is 1. The number of rotatable bonds is 9. The standard InChI is InChI=1S/C17H28N4O/c1-6-21(13-22)16-11-17(18-8-7-9-20(4)5)19-12-15(16)10-14(2)3/h10-13H,6-9H2,1-5H3,(H,18,19). The zero-order valence-electron chi connectivity index (χ0n) is 14.4. The number of nitrogens with zero attached hydrogens (tertiary/aromatic N) is 3. The Morgan fingerprint density at radius 1 is 1.36 bits per heavy atom. The van der Waals surface area contributed by atoms with E-state index < -0.39 is 0 Å². The third-order valence-corrected chi connectivity index (χ3v) is 3.22. The minimum absolute atomic E-state index is 0.636. The van der Waals surface area contributed by atoms with Crippen LogP contribution in [0.4, 0.5) is 11.5 Å². The van der Waals surface area contributed by atoms with E-state index in [0.29, 0.717) is 6.54 Å². The summed E-state index contributed by atoms with van der Waals surface area (Å²) in [6.45, 7) is 8.57. The van der Waals surface area contributed by atoms with Crippen LogP contribution in [0.15, 0.2) is 17.8 Å². The quantitative estimate of drug-likeness (QED) is 0.563. The highest BCUT2D eigenvalue weighted by Crippen LogP contribution is 2.24. The topological polar surface area (TPSA) is 48.5 Å². The molecule has 122 valence electrons. The minimum atomic E-state index is 0.636. The summed E-state index contributed by atoms with van der Waals surface area (Å²) in [6, 6.07) is 1.95. The SMILES string of the molecule is CCN(C=O)c1cc(NCCCN(C)C)ncc1C=C(C)C. The van der Waals surface area contributed by atoms with Crippen LogP contribution >= 0.6 is 0 Å². The van der Waals surface area contributed by atoms with Gasteiger partial charge in [-0.25, -0.2) is 4.98 Å². The molecule has 0 unspecified atom stereocenters. The maximum Gasteiger partial charge on any atom is 0.214 e. The molecule has 0 fully saturated rings. The molecule has 5 nitrogen and oxygen atoms in total. The Bertz CT molecular complexity index is 507. The first-order valence-corrected chi connectivity index (χ1v) is 7.73. The number of amides is 1. The molecule has 0 saturated heterocycles. The zero-order valence-corrected chi connectivity index (χ0v) is 14.4. The van der Waals surface area contributed by atoms with Crippen molar-refractivity contribution in [3.63, 3.8) is 0 Å². The minimum Gasteiger partial charge on any atom is -0.370 e. The summed E-state index contributed by atoms with van der Waals surface area (Å²) in [7, 11) is 4.13. The van der Waals surface area contributed by atoms with Crippen LogP contribution in [-0.2, 0) is 4.79 Å². The number of nitrogens with one attached hydrogen (secondary N) is 1. The van der Waals surface area contributed by atoms with Gasteiger partial charge in [0.1, 0.15) is 5.82 Å². The number of hydrogen-bond donors (Lipinski definition) is 1. The average Bonchev–Trinajstić information content (AvgIpc) is 2.46. The highest BCUT2D eigenvalue weighted by molar-refractivity contribution is 5.82. The normalized spacial score (nSPS) is 10.5. The molecular formula is C17H28N4O. The number of aromatic nitrogens is 1. The number of carbonyl (C=O) groups excluding carboxylic acids is 1.